The molecule has 0 saturated heterocycles. The van der Waals surface area contributed by atoms with E-state index in [0.29, 0.717) is 6.54 Å². The van der Waals surface area contributed by atoms with E-state index in [1.807, 2.05) is 28.8 Å². The molecule has 1 aliphatic carbocycles. The van der Waals surface area contributed by atoms with Gasteiger partial charge in [0.15, 0.2) is 0 Å². The van der Waals surface area contributed by atoms with Gasteiger partial charge < -0.3 is 5.11 Å². The smallest absolute Gasteiger partial charge is 0.307 e. The molecule has 3 nitrogen and oxygen atoms in total. The number of aliphatic hydroxyl groups is 1. The number of thiazole rings is 1. The van der Waals surface area contributed by atoms with Gasteiger partial charge in [-0.3, -0.25) is 9.36 Å². The van der Waals surface area contributed by atoms with Gasteiger partial charge in [0.25, 0.3) is 0 Å². The number of aliphatic hydroxyl groups excluding tert-OH is 1. The molecule has 1 aromatic heterocycles. The van der Waals surface area contributed by atoms with Crippen LogP contribution in [0.2, 0.25) is 0 Å². The summed E-state index contributed by atoms with van der Waals surface area (Å²) in [5.41, 5.74) is 3.28. The molecule has 1 N–H and O–H groups in total. The third-order valence-electron chi connectivity index (χ3n) is 3.94. The van der Waals surface area contributed by atoms with Crippen LogP contribution in [0.1, 0.15) is 41.0 Å². The molecule has 4 heteroatoms. The zero-order valence-corrected chi connectivity index (χ0v) is 12.3. The van der Waals surface area contributed by atoms with Crippen molar-refractivity contribution in [2.24, 2.45) is 0 Å². The zero-order valence-electron chi connectivity index (χ0n) is 11.5. The Balaban J connectivity index is 1.89. The molecule has 1 aromatic carbocycles. The fraction of sp³-hybridized carbons (Fsp3) is 0.438. The minimum Gasteiger partial charge on any atom is -0.392 e. The minimum atomic E-state index is 0.0636. The van der Waals surface area contributed by atoms with E-state index in [0.717, 1.165) is 24.0 Å². The van der Waals surface area contributed by atoms with Crippen LogP contribution in [0.3, 0.4) is 0 Å². The Morgan fingerprint density at radius 1 is 1.05 bits per heavy atom. The number of aryl methyl sites for hydroxylation is 1. The Morgan fingerprint density at radius 3 is 2.50 bits per heavy atom. The van der Waals surface area contributed by atoms with Gasteiger partial charge in [0.1, 0.15) is 0 Å². The molecule has 0 atom stereocenters. The lowest BCUT2D eigenvalue weighted by Gasteiger charge is -2.08. The van der Waals surface area contributed by atoms with Gasteiger partial charge in [-0.05, 0) is 36.8 Å². The normalized spacial score (nSPS) is 14.8. The average molecular weight is 289 g/mol. The maximum absolute atomic E-state index is 12.2. The van der Waals surface area contributed by atoms with Crippen molar-refractivity contribution >= 4 is 11.3 Å². The van der Waals surface area contributed by atoms with Crippen LogP contribution in [-0.4, -0.2) is 9.67 Å². The van der Waals surface area contributed by atoms with Crippen molar-refractivity contribution < 1.29 is 5.11 Å². The van der Waals surface area contributed by atoms with Crippen molar-refractivity contribution in [3.8, 4) is 0 Å². The lowest BCUT2D eigenvalue weighted by molar-refractivity contribution is 0.282. The quantitative estimate of drug-likeness (QED) is 0.883. The Hall–Kier alpha value is -1.39. The lowest BCUT2D eigenvalue weighted by Crippen LogP contribution is -2.17. The molecular formula is C16H19NO2S. The highest BCUT2D eigenvalue weighted by molar-refractivity contribution is 7.09. The van der Waals surface area contributed by atoms with E-state index < -0.39 is 0 Å². The summed E-state index contributed by atoms with van der Waals surface area (Å²) >= 11 is 1.42. The van der Waals surface area contributed by atoms with Crippen LogP contribution >= 0.6 is 11.3 Å². The average Bonchev–Trinajstić information content (AvgIpc) is 2.65. The zero-order chi connectivity index (χ0) is 13.9. The fourth-order valence-corrected chi connectivity index (χ4v) is 3.87. The van der Waals surface area contributed by atoms with E-state index in [-0.39, 0.29) is 11.5 Å². The molecular weight excluding hydrogens is 270 g/mol. The third-order valence-corrected chi connectivity index (χ3v) is 5.02. The Kier molecular flexibility index (Phi) is 4.03. The molecule has 0 saturated carbocycles. The number of hydrogen-bond acceptors (Lipinski definition) is 3. The topological polar surface area (TPSA) is 42.2 Å². The predicted octanol–water partition coefficient (Wildman–Crippen LogP) is 2.72. The van der Waals surface area contributed by atoms with Crippen LogP contribution in [-0.2, 0) is 26.0 Å². The molecule has 0 spiro atoms. The van der Waals surface area contributed by atoms with Crippen molar-refractivity contribution in [3.63, 3.8) is 0 Å². The van der Waals surface area contributed by atoms with E-state index in [2.05, 4.69) is 0 Å². The first-order valence-corrected chi connectivity index (χ1v) is 7.99. The van der Waals surface area contributed by atoms with Crippen molar-refractivity contribution in [1.82, 2.24) is 4.57 Å². The van der Waals surface area contributed by atoms with Gasteiger partial charge in [0.2, 0.25) is 0 Å². The summed E-state index contributed by atoms with van der Waals surface area (Å²) in [4.78, 5) is 13.6. The number of nitrogens with zero attached hydrogens (tertiary/aromatic N) is 1. The highest BCUT2D eigenvalue weighted by Gasteiger charge is 2.16. The summed E-state index contributed by atoms with van der Waals surface area (Å²) in [5.74, 6) is 0. The summed E-state index contributed by atoms with van der Waals surface area (Å²) in [6.07, 6.45) is 5.75. The van der Waals surface area contributed by atoms with Gasteiger partial charge >= 0.3 is 4.87 Å². The highest BCUT2D eigenvalue weighted by Crippen LogP contribution is 2.23. The standard InChI is InChI=1S/C16H19NO2S/c18-11-13-8-6-12(7-9-13)10-17-14-4-2-1-3-5-15(14)20-16(17)19/h6-9,18H,1-5,10-11H2. The molecule has 0 aliphatic heterocycles. The number of aromatic nitrogens is 1. The first-order valence-electron chi connectivity index (χ1n) is 7.18. The summed E-state index contributed by atoms with van der Waals surface area (Å²) in [7, 11) is 0. The Bertz CT molecular complexity index is 639. The highest BCUT2D eigenvalue weighted by atomic mass is 32.1. The largest absolute Gasteiger partial charge is 0.392 e. The third kappa shape index (κ3) is 2.72. The molecule has 0 bridgehead atoms. The summed E-state index contributed by atoms with van der Waals surface area (Å²) in [6, 6.07) is 7.84. The molecule has 3 rings (SSSR count). The maximum atomic E-state index is 12.2. The summed E-state index contributed by atoms with van der Waals surface area (Å²) in [6.45, 7) is 0.713. The molecule has 106 valence electrons. The fourth-order valence-electron chi connectivity index (χ4n) is 2.80. The predicted molar refractivity (Wildman–Crippen MR) is 81.3 cm³/mol. The number of benzene rings is 1. The van der Waals surface area contributed by atoms with E-state index in [1.54, 1.807) is 0 Å². The number of fused-ring (bicyclic) bond motifs is 1. The van der Waals surface area contributed by atoms with Crippen LogP contribution < -0.4 is 4.87 Å². The van der Waals surface area contributed by atoms with Gasteiger partial charge in [0, 0.05) is 10.6 Å². The first-order chi connectivity index (χ1) is 9.78. The van der Waals surface area contributed by atoms with E-state index in [4.69, 9.17) is 5.11 Å². The molecule has 1 heterocycles. The molecule has 1 aliphatic rings. The molecule has 0 amide bonds. The number of rotatable bonds is 3. The van der Waals surface area contributed by atoms with Gasteiger partial charge in [-0.2, -0.15) is 0 Å². The summed E-state index contributed by atoms with van der Waals surface area (Å²) < 4.78 is 1.94. The molecule has 0 fully saturated rings. The number of hydrogen-bond donors (Lipinski definition) is 1. The Morgan fingerprint density at radius 2 is 1.75 bits per heavy atom. The van der Waals surface area contributed by atoms with Gasteiger partial charge in [-0.25, -0.2) is 0 Å². The summed E-state index contributed by atoms with van der Waals surface area (Å²) in [5, 5.41) is 9.07. The van der Waals surface area contributed by atoms with Crippen LogP contribution in [0.25, 0.3) is 0 Å². The molecule has 20 heavy (non-hydrogen) atoms. The van der Waals surface area contributed by atoms with E-state index in [9.17, 15) is 4.79 Å². The second kappa shape index (κ2) is 5.94. The van der Waals surface area contributed by atoms with Gasteiger partial charge in [-0.15, -0.1) is 0 Å². The molecule has 0 unspecified atom stereocenters. The van der Waals surface area contributed by atoms with E-state index in [1.165, 1.54) is 41.2 Å². The maximum Gasteiger partial charge on any atom is 0.307 e. The van der Waals surface area contributed by atoms with E-state index >= 15 is 0 Å². The lowest BCUT2D eigenvalue weighted by atomic mass is 10.1. The second-order valence-corrected chi connectivity index (χ2v) is 6.41. The van der Waals surface area contributed by atoms with Gasteiger partial charge in [0.05, 0.1) is 13.2 Å². The van der Waals surface area contributed by atoms with Crippen LogP contribution in [0.15, 0.2) is 29.1 Å². The van der Waals surface area contributed by atoms with Crippen LogP contribution in [0.5, 0.6) is 0 Å². The first kappa shape index (κ1) is 13.6. The molecule has 2 aromatic rings. The van der Waals surface area contributed by atoms with Crippen molar-refractivity contribution in [3.05, 3.63) is 55.6 Å². The van der Waals surface area contributed by atoms with Crippen molar-refractivity contribution in [1.29, 1.82) is 0 Å². The monoisotopic (exact) mass is 289 g/mol. The van der Waals surface area contributed by atoms with Crippen molar-refractivity contribution in [2.45, 2.75) is 45.3 Å². The minimum absolute atomic E-state index is 0.0636. The second-order valence-electron chi connectivity index (χ2n) is 5.36. The molecule has 0 radical (unpaired) electrons. The van der Waals surface area contributed by atoms with Crippen LogP contribution in [0.4, 0.5) is 0 Å². The van der Waals surface area contributed by atoms with Crippen molar-refractivity contribution in [2.75, 3.05) is 0 Å². The van der Waals surface area contributed by atoms with Gasteiger partial charge in [-0.1, -0.05) is 42.0 Å². The SMILES string of the molecule is O=c1sc2c(n1Cc1ccc(CO)cc1)CCCCC2. The van der Waals surface area contributed by atoms with Crippen LogP contribution in [0, 0.1) is 0 Å². The Labute approximate surface area is 122 Å².